The molecule has 7 heteroatoms. The second-order valence-electron chi connectivity index (χ2n) is 12.4. The van der Waals surface area contributed by atoms with Gasteiger partial charge < -0.3 is 5.32 Å². The first-order valence-electron chi connectivity index (χ1n) is 14.6. The molecule has 4 bridgehead atoms. The van der Waals surface area contributed by atoms with Gasteiger partial charge in [-0.1, -0.05) is 53.4 Å². The molecular formula is C32H34Cl3N3O. The third-order valence-electron chi connectivity index (χ3n) is 9.91. The van der Waals surface area contributed by atoms with Crippen molar-refractivity contribution in [1.82, 2.24) is 15.1 Å². The van der Waals surface area contributed by atoms with Gasteiger partial charge in [0.1, 0.15) is 0 Å². The highest BCUT2D eigenvalue weighted by atomic mass is 35.5. The highest BCUT2D eigenvalue weighted by Crippen LogP contribution is 2.53. The molecule has 8 rings (SSSR count). The number of halogens is 3. The average Bonchev–Trinajstić information content (AvgIpc) is 3.15. The van der Waals surface area contributed by atoms with Crippen molar-refractivity contribution < 1.29 is 4.79 Å². The zero-order valence-corrected chi connectivity index (χ0v) is 24.3. The number of nitrogens with zero attached hydrogens (tertiary/aromatic N) is 2. The van der Waals surface area contributed by atoms with Crippen molar-refractivity contribution in [2.24, 2.45) is 23.7 Å². The molecule has 1 aromatic heterocycles. The molecule has 204 valence electrons. The molecule has 39 heavy (non-hydrogen) atoms. The molecule has 0 aliphatic heterocycles. The van der Waals surface area contributed by atoms with Crippen LogP contribution in [0.5, 0.6) is 0 Å². The fraction of sp³-hybridized carbons (Fsp3) is 0.500. The second kappa shape index (κ2) is 10.4. The predicted octanol–water partition coefficient (Wildman–Crippen LogP) is 8.44. The highest BCUT2D eigenvalue weighted by Gasteiger charge is 2.49. The van der Waals surface area contributed by atoms with Gasteiger partial charge in [-0.15, -0.1) is 0 Å². The Morgan fingerprint density at radius 3 is 2.28 bits per heavy atom. The van der Waals surface area contributed by atoms with E-state index in [4.69, 9.17) is 39.9 Å². The van der Waals surface area contributed by atoms with Gasteiger partial charge in [-0.3, -0.25) is 4.79 Å². The summed E-state index contributed by atoms with van der Waals surface area (Å²) in [5.74, 6) is 3.18. The van der Waals surface area contributed by atoms with Crippen molar-refractivity contribution >= 4 is 40.7 Å². The van der Waals surface area contributed by atoms with E-state index in [0.29, 0.717) is 27.6 Å². The van der Waals surface area contributed by atoms with Gasteiger partial charge in [-0.25, -0.2) is 4.68 Å². The zero-order chi connectivity index (χ0) is 26.7. The van der Waals surface area contributed by atoms with E-state index in [1.807, 2.05) is 28.9 Å². The fourth-order valence-electron chi connectivity index (χ4n) is 8.46. The number of hydrogen-bond donors (Lipinski definition) is 1. The van der Waals surface area contributed by atoms with Crippen LogP contribution < -0.4 is 5.32 Å². The number of hydrogen-bond acceptors (Lipinski definition) is 2. The molecule has 1 heterocycles. The van der Waals surface area contributed by atoms with Crippen LogP contribution in [-0.2, 0) is 12.8 Å². The predicted molar refractivity (Wildman–Crippen MR) is 157 cm³/mol. The smallest absolute Gasteiger partial charge is 0.272 e. The van der Waals surface area contributed by atoms with E-state index in [0.717, 1.165) is 65.9 Å². The van der Waals surface area contributed by atoms with E-state index in [-0.39, 0.29) is 17.9 Å². The Bertz CT molecular complexity index is 1370. The Kier molecular flexibility index (Phi) is 6.93. The molecule has 1 N–H and O–H groups in total. The monoisotopic (exact) mass is 581 g/mol. The van der Waals surface area contributed by atoms with Crippen LogP contribution in [0.4, 0.5) is 0 Å². The molecule has 0 saturated heterocycles. The lowest BCUT2D eigenvalue weighted by Crippen LogP contribution is -2.55. The van der Waals surface area contributed by atoms with Crippen LogP contribution >= 0.6 is 34.8 Å². The van der Waals surface area contributed by atoms with Crippen molar-refractivity contribution in [3.8, 4) is 5.69 Å². The molecule has 5 aliphatic carbocycles. The number of carbonyl (C=O) groups excluding carboxylic acids is 1. The third-order valence-corrected chi connectivity index (χ3v) is 10.7. The lowest BCUT2D eigenvalue weighted by atomic mass is 9.54. The third kappa shape index (κ3) is 4.91. The molecule has 1 atom stereocenters. The summed E-state index contributed by atoms with van der Waals surface area (Å²) in [6, 6.07) is 13.9. The van der Waals surface area contributed by atoms with E-state index in [9.17, 15) is 4.79 Å². The van der Waals surface area contributed by atoms with Gasteiger partial charge in [-0.05, 0) is 117 Å². The Labute approximate surface area is 245 Å². The van der Waals surface area contributed by atoms with Gasteiger partial charge in [-0.2, -0.15) is 5.10 Å². The lowest BCUT2D eigenvalue weighted by molar-refractivity contribution is -0.0120. The van der Waals surface area contributed by atoms with Crippen LogP contribution in [0.2, 0.25) is 15.1 Å². The number of nitrogens with one attached hydrogen (secondary N) is 1. The Hall–Kier alpha value is -2.01. The zero-order valence-electron chi connectivity index (χ0n) is 22.0. The summed E-state index contributed by atoms with van der Waals surface area (Å²) in [6.45, 7) is 0. The molecule has 0 radical (unpaired) electrons. The lowest BCUT2D eigenvalue weighted by Gasteiger charge is -2.54. The topological polar surface area (TPSA) is 46.9 Å². The maximum atomic E-state index is 14.1. The number of amides is 1. The molecule has 1 amide bonds. The summed E-state index contributed by atoms with van der Waals surface area (Å²) >= 11 is 19.2. The maximum absolute atomic E-state index is 14.1. The Balaban J connectivity index is 1.28. The molecule has 4 nitrogen and oxygen atoms in total. The molecule has 4 saturated carbocycles. The van der Waals surface area contributed by atoms with Gasteiger partial charge in [0.15, 0.2) is 5.69 Å². The van der Waals surface area contributed by atoms with E-state index < -0.39 is 0 Å². The molecule has 2 aromatic carbocycles. The van der Waals surface area contributed by atoms with Crippen molar-refractivity contribution in [2.75, 3.05) is 0 Å². The molecule has 4 fully saturated rings. The fourth-order valence-corrected chi connectivity index (χ4v) is 9.08. The summed E-state index contributed by atoms with van der Waals surface area (Å²) in [7, 11) is 0. The van der Waals surface area contributed by atoms with E-state index in [2.05, 4.69) is 17.4 Å². The summed E-state index contributed by atoms with van der Waals surface area (Å²) in [5.41, 5.74) is 4.77. The summed E-state index contributed by atoms with van der Waals surface area (Å²) < 4.78 is 1.95. The van der Waals surface area contributed by atoms with Gasteiger partial charge in [0.05, 0.1) is 16.4 Å². The minimum atomic E-state index is -0.0142. The van der Waals surface area contributed by atoms with Crippen LogP contribution in [-0.4, -0.2) is 21.7 Å². The van der Waals surface area contributed by atoms with E-state index >= 15 is 0 Å². The van der Waals surface area contributed by atoms with Gasteiger partial charge in [0.25, 0.3) is 5.91 Å². The minimum Gasteiger partial charge on any atom is -0.347 e. The van der Waals surface area contributed by atoms with Gasteiger partial charge >= 0.3 is 0 Å². The SMILES string of the molecule is O=C(NC1C2CC3CC(C2)CC1C3)c1nn(-c2ccc(Cl)cc2Cl)c2c1CCCCC2Cc1ccc(Cl)cc1. The van der Waals surface area contributed by atoms with Crippen molar-refractivity contribution in [2.45, 2.75) is 76.2 Å². The summed E-state index contributed by atoms with van der Waals surface area (Å²) in [4.78, 5) is 14.1. The van der Waals surface area contributed by atoms with Crippen molar-refractivity contribution in [3.05, 3.63) is 80.0 Å². The summed E-state index contributed by atoms with van der Waals surface area (Å²) in [5, 5.41) is 10.4. The van der Waals surface area contributed by atoms with Crippen LogP contribution in [0.15, 0.2) is 42.5 Å². The van der Waals surface area contributed by atoms with Crippen LogP contribution in [0.25, 0.3) is 5.69 Å². The van der Waals surface area contributed by atoms with Crippen LogP contribution in [0, 0.1) is 23.7 Å². The van der Waals surface area contributed by atoms with Crippen molar-refractivity contribution in [3.63, 3.8) is 0 Å². The van der Waals surface area contributed by atoms with Crippen LogP contribution in [0.1, 0.15) is 84.6 Å². The number of carbonyl (C=O) groups is 1. The molecule has 0 spiro atoms. The van der Waals surface area contributed by atoms with Gasteiger partial charge in [0.2, 0.25) is 0 Å². The number of aromatic nitrogens is 2. The quantitative estimate of drug-likeness (QED) is 0.307. The largest absolute Gasteiger partial charge is 0.347 e. The molecule has 1 unspecified atom stereocenters. The minimum absolute atomic E-state index is 0.0142. The number of fused-ring (bicyclic) bond motifs is 1. The average molecular weight is 583 g/mol. The number of benzene rings is 2. The van der Waals surface area contributed by atoms with Crippen LogP contribution in [0.3, 0.4) is 0 Å². The van der Waals surface area contributed by atoms with E-state index in [1.54, 1.807) is 6.07 Å². The maximum Gasteiger partial charge on any atom is 0.272 e. The first-order valence-corrected chi connectivity index (χ1v) is 15.7. The molecule has 5 aliphatic rings. The highest BCUT2D eigenvalue weighted by molar-refractivity contribution is 6.35. The Morgan fingerprint density at radius 1 is 0.897 bits per heavy atom. The van der Waals surface area contributed by atoms with E-state index in [1.165, 1.54) is 37.7 Å². The molecular weight excluding hydrogens is 549 g/mol. The van der Waals surface area contributed by atoms with Gasteiger partial charge in [0, 0.05) is 27.6 Å². The molecule has 3 aromatic rings. The standard InChI is InChI=1S/C32H34Cl3N3O/c33-24-7-5-18(6-8-24)12-21-3-1-2-4-26-30(37-38(31(21)26)28-10-9-25(34)17-27(28)35)32(39)36-29-22-13-19-11-20(15-22)16-23(29)14-19/h5-10,17,19-23,29H,1-4,11-16H2,(H,36,39). The number of rotatable bonds is 5. The second-order valence-corrected chi connectivity index (χ2v) is 13.7. The first kappa shape index (κ1) is 25.9. The Morgan fingerprint density at radius 2 is 1.59 bits per heavy atom. The van der Waals surface area contributed by atoms with Crippen molar-refractivity contribution in [1.29, 1.82) is 0 Å². The summed E-state index contributed by atoms with van der Waals surface area (Å²) in [6.07, 6.45) is 11.4. The first-order chi connectivity index (χ1) is 18.9. The normalized spacial score (nSPS) is 29.2.